The van der Waals surface area contributed by atoms with Crippen molar-refractivity contribution in [2.75, 3.05) is 12.0 Å². The Labute approximate surface area is 123 Å². The third-order valence-electron chi connectivity index (χ3n) is 2.98. The van der Waals surface area contributed by atoms with Gasteiger partial charge in [0.15, 0.2) is 0 Å². The van der Waals surface area contributed by atoms with Crippen LogP contribution in [0, 0.1) is 0 Å². The molecule has 0 saturated carbocycles. The Kier molecular flexibility index (Phi) is 4.84. The number of nitrogens with two attached hydrogens (primary N) is 1. The number of aromatic nitrogens is 2. The summed E-state index contributed by atoms with van der Waals surface area (Å²) >= 11 is 0. The minimum Gasteiger partial charge on any atom is -0.323 e. The lowest BCUT2D eigenvalue weighted by molar-refractivity contribution is 0.419. The number of pyridine rings is 2. The molecule has 0 fully saturated rings. The van der Waals surface area contributed by atoms with Crippen molar-refractivity contribution in [2.24, 2.45) is 5.84 Å². The molecule has 0 bridgehead atoms. The highest BCUT2D eigenvalue weighted by Gasteiger charge is 2.26. The SMILES string of the molecule is CCN(Cc1ccccn1)S(=O)(=O)c1cnccc1NN. The smallest absolute Gasteiger partial charge is 0.247 e. The molecule has 112 valence electrons. The number of hydrazine groups is 1. The van der Waals surface area contributed by atoms with Gasteiger partial charge in [-0.05, 0) is 18.2 Å². The molecule has 0 radical (unpaired) electrons. The maximum absolute atomic E-state index is 12.7. The highest BCUT2D eigenvalue weighted by molar-refractivity contribution is 7.89. The number of rotatable bonds is 6. The Balaban J connectivity index is 2.36. The van der Waals surface area contributed by atoms with E-state index in [4.69, 9.17) is 5.84 Å². The first kappa shape index (κ1) is 15.4. The zero-order valence-corrected chi connectivity index (χ0v) is 12.4. The average Bonchev–Trinajstić information content (AvgIpc) is 2.53. The van der Waals surface area contributed by atoms with Crippen molar-refractivity contribution in [3.8, 4) is 0 Å². The predicted octanol–water partition coefficient (Wildman–Crippen LogP) is 0.973. The molecule has 0 aliphatic heterocycles. The topological polar surface area (TPSA) is 101 Å². The van der Waals surface area contributed by atoms with Crippen molar-refractivity contribution in [3.05, 3.63) is 48.5 Å². The van der Waals surface area contributed by atoms with Gasteiger partial charge >= 0.3 is 0 Å². The number of sulfonamides is 1. The van der Waals surface area contributed by atoms with E-state index in [0.717, 1.165) is 0 Å². The van der Waals surface area contributed by atoms with E-state index in [-0.39, 0.29) is 11.4 Å². The summed E-state index contributed by atoms with van der Waals surface area (Å²) in [6.07, 6.45) is 4.39. The van der Waals surface area contributed by atoms with Gasteiger partial charge in [0.25, 0.3) is 0 Å². The second kappa shape index (κ2) is 6.61. The first-order chi connectivity index (χ1) is 10.1. The summed E-state index contributed by atoms with van der Waals surface area (Å²) in [5, 5.41) is 0. The summed E-state index contributed by atoms with van der Waals surface area (Å²) in [6.45, 7) is 2.28. The molecule has 2 heterocycles. The number of nitrogens with zero attached hydrogens (tertiary/aromatic N) is 3. The van der Waals surface area contributed by atoms with E-state index in [0.29, 0.717) is 17.9 Å². The van der Waals surface area contributed by atoms with Crippen LogP contribution in [0.25, 0.3) is 0 Å². The number of nitrogens with one attached hydrogen (secondary N) is 1. The maximum Gasteiger partial charge on any atom is 0.247 e. The van der Waals surface area contributed by atoms with Gasteiger partial charge in [-0.2, -0.15) is 4.31 Å². The molecule has 0 aliphatic rings. The zero-order chi connectivity index (χ0) is 15.3. The summed E-state index contributed by atoms with van der Waals surface area (Å²) < 4.78 is 26.7. The molecule has 7 nitrogen and oxygen atoms in total. The Morgan fingerprint density at radius 3 is 2.71 bits per heavy atom. The van der Waals surface area contributed by atoms with Gasteiger partial charge in [-0.25, -0.2) is 8.42 Å². The van der Waals surface area contributed by atoms with Crippen LogP contribution >= 0.6 is 0 Å². The zero-order valence-electron chi connectivity index (χ0n) is 11.6. The normalized spacial score (nSPS) is 11.6. The fourth-order valence-electron chi connectivity index (χ4n) is 1.88. The largest absolute Gasteiger partial charge is 0.323 e. The van der Waals surface area contributed by atoms with Crippen LogP contribution in [0.5, 0.6) is 0 Å². The van der Waals surface area contributed by atoms with Crippen LogP contribution < -0.4 is 11.3 Å². The highest BCUT2D eigenvalue weighted by Crippen LogP contribution is 2.23. The molecule has 8 heteroatoms. The maximum atomic E-state index is 12.7. The molecule has 2 rings (SSSR count). The van der Waals surface area contributed by atoms with Crippen LogP contribution in [0.15, 0.2) is 47.8 Å². The number of nitrogen functional groups attached to an aromatic ring is 1. The molecule has 0 aliphatic carbocycles. The lowest BCUT2D eigenvalue weighted by Gasteiger charge is -2.21. The number of anilines is 1. The first-order valence-corrected chi connectivity index (χ1v) is 7.84. The van der Waals surface area contributed by atoms with Gasteiger partial charge in [0.1, 0.15) is 4.90 Å². The van der Waals surface area contributed by atoms with E-state index in [9.17, 15) is 8.42 Å². The van der Waals surface area contributed by atoms with Gasteiger partial charge in [-0.1, -0.05) is 13.0 Å². The molecule has 0 spiro atoms. The summed E-state index contributed by atoms with van der Waals surface area (Å²) in [4.78, 5) is 8.07. The van der Waals surface area contributed by atoms with E-state index >= 15 is 0 Å². The molecular weight excluding hydrogens is 290 g/mol. The van der Waals surface area contributed by atoms with Crippen molar-refractivity contribution < 1.29 is 8.42 Å². The van der Waals surface area contributed by atoms with Gasteiger partial charge in [0, 0.05) is 25.1 Å². The minimum absolute atomic E-state index is 0.0466. The molecule has 21 heavy (non-hydrogen) atoms. The summed E-state index contributed by atoms with van der Waals surface area (Å²) in [7, 11) is -3.70. The Bertz CT molecular complexity index is 691. The monoisotopic (exact) mass is 307 g/mol. The van der Waals surface area contributed by atoms with Crippen LogP contribution in [-0.4, -0.2) is 29.2 Å². The van der Waals surface area contributed by atoms with Crippen molar-refractivity contribution in [3.63, 3.8) is 0 Å². The molecule has 0 atom stereocenters. The van der Waals surface area contributed by atoms with Gasteiger partial charge in [0.05, 0.1) is 17.9 Å². The lowest BCUT2D eigenvalue weighted by Crippen LogP contribution is -2.31. The highest BCUT2D eigenvalue weighted by atomic mass is 32.2. The molecule has 3 N–H and O–H groups in total. The second-order valence-corrected chi connectivity index (χ2v) is 6.17. The Morgan fingerprint density at radius 1 is 1.29 bits per heavy atom. The van der Waals surface area contributed by atoms with Crippen molar-refractivity contribution in [1.82, 2.24) is 14.3 Å². The summed E-state index contributed by atoms with van der Waals surface area (Å²) in [5.41, 5.74) is 3.37. The molecule has 0 saturated heterocycles. The summed E-state index contributed by atoms with van der Waals surface area (Å²) in [6, 6.07) is 6.90. The Morgan fingerprint density at radius 2 is 2.10 bits per heavy atom. The van der Waals surface area contributed by atoms with E-state index in [1.54, 1.807) is 25.3 Å². The van der Waals surface area contributed by atoms with Crippen LogP contribution in [0.1, 0.15) is 12.6 Å². The third kappa shape index (κ3) is 3.35. The molecule has 2 aromatic rings. The van der Waals surface area contributed by atoms with Gasteiger partial charge in [0.2, 0.25) is 10.0 Å². The van der Waals surface area contributed by atoms with E-state index in [1.807, 2.05) is 6.07 Å². The van der Waals surface area contributed by atoms with Crippen LogP contribution in [0.3, 0.4) is 0 Å². The first-order valence-electron chi connectivity index (χ1n) is 6.40. The lowest BCUT2D eigenvalue weighted by atomic mass is 10.3. The van der Waals surface area contributed by atoms with Crippen molar-refractivity contribution in [2.45, 2.75) is 18.4 Å². The number of hydrogen-bond acceptors (Lipinski definition) is 6. The van der Waals surface area contributed by atoms with Gasteiger partial charge in [-0.3, -0.25) is 15.8 Å². The molecule has 2 aromatic heterocycles. The Hall–Kier alpha value is -2.03. The predicted molar refractivity (Wildman–Crippen MR) is 79.6 cm³/mol. The molecule has 0 amide bonds. The van der Waals surface area contributed by atoms with Crippen LogP contribution in [0.4, 0.5) is 5.69 Å². The average molecular weight is 307 g/mol. The molecule has 0 aromatic carbocycles. The fourth-order valence-corrected chi connectivity index (χ4v) is 3.40. The van der Waals surface area contributed by atoms with E-state index in [1.165, 1.54) is 22.8 Å². The third-order valence-corrected chi connectivity index (χ3v) is 4.92. The fraction of sp³-hybridized carbons (Fsp3) is 0.231. The minimum atomic E-state index is -3.70. The molecular formula is C13H17N5O2S. The van der Waals surface area contributed by atoms with Crippen molar-refractivity contribution in [1.29, 1.82) is 0 Å². The quantitative estimate of drug-likeness (QED) is 0.609. The second-order valence-electron chi connectivity index (χ2n) is 4.27. The van der Waals surface area contributed by atoms with Crippen LogP contribution in [0.2, 0.25) is 0 Å². The van der Waals surface area contributed by atoms with Gasteiger partial charge < -0.3 is 5.43 Å². The van der Waals surface area contributed by atoms with E-state index < -0.39 is 10.0 Å². The standard InChI is InChI=1S/C13H17N5O2S/c1-2-18(10-11-5-3-4-7-16-11)21(19,20)13-9-15-8-6-12(13)17-14/h3-9H,2,10,14H2,1H3,(H,15,17). The summed E-state index contributed by atoms with van der Waals surface area (Å²) in [5.74, 6) is 5.37. The van der Waals surface area contributed by atoms with Crippen LogP contribution in [-0.2, 0) is 16.6 Å². The van der Waals surface area contributed by atoms with E-state index in [2.05, 4.69) is 15.4 Å². The van der Waals surface area contributed by atoms with Gasteiger partial charge in [-0.15, -0.1) is 0 Å². The molecule has 0 unspecified atom stereocenters. The number of hydrogen-bond donors (Lipinski definition) is 2. The van der Waals surface area contributed by atoms with Crippen molar-refractivity contribution >= 4 is 15.7 Å².